The summed E-state index contributed by atoms with van der Waals surface area (Å²) in [5.41, 5.74) is 3.42. The number of rotatable bonds is 9. The van der Waals surface area contributed by atoms with Crippen molar-refractivity contribution in [2.24, 2.45) is 0 Å². The van der Waals surface area contributed by atoms with E-state index in [4.69, 9.17) is 0 Å². The number of nitrogens with one attached hydrogen (secondary N) is 2. The highest BCUT2D eigenvalue weighted by molar-refractivity contribution is 6.00. The maximum absolute atomic E-state index is 13.7. The van der Waals surface area contributed by atoms with Gasteiger partial charge in [0.05, 0.1) is 17.5 Å². The molecule has 4 aromatic rings. The second kappa shape index (κ2) is 13.0. The number of nitrogens with zero attached hydrogens (tertiary/aromatic N) is 3. The smallest absolute Gasteiger partial charge is 0.361 e. The zero-order valence-electron chi connectivity index (χ0n) is 25.2. The van der Waals surface area contributed by atoms with Gasteiger partial charge in [0.25, 0.3) is 5.91 Å². The number of carbonyl (C=O) groups is 3. The first-order valence-corrected chi connectivity index (χ1v) is 15.4. The number of hydrogen-bond donors (Lipinski definition) is 5. The van der Waals surface area contributed by atoms with Crippen LogP contribution in [0.4, 0.5) is 8.78 Å². The van der Waals surface area contributed by atoms with Crippen LogP contribution in [0.5, 0.6) is 0 Å². The van der Waals surface area contributed by atoms with Gasteiger partial charge in [0.2, 0.25) is 0 Å². The van der Waals surface area contributed by atoms with Gasteiger partial charge in [-0.2, -0.15) is 5.10 Å². The SMILES string of the molecule is Cc1c(C(=O)O)ccc2c1CC[C@@H]2NC(O)c1cc(C(=O)[NH2+]Cc2ccc(F)c(F)c2)nc2c(C(=O)NC3CCCCC3)cnn12. The third-order valence-electron chi connectivity index (χ3n) is 9.01. The number of aliphatic hydroxyl groups is 1. The maximum Gasteiger partial charge on any atom is 0.361 e. The second-order valence-electron chi connectivity index (χ2n) is 12.0. The molecule has 240 valence electrons. The number of carbonyl (C=O) groups excluding carboxylic acids is 2. The Bertz CT molecular complexity index is 1840. The average Bonchev–Trinajstić information content (AvgIpc) is 3.66. The molecule has 11 nitrogen and oxygen atoms in total. The first-order chi connectivity index (χ1) is 22.1. The zero-order valence-corrected chi connectivity index (χ0v) is 25.2. The van der Waals surface area contributed by atoms with E-state index in [1.54, 1.807) is 19.1 Å². The molecule has 1 unspecified atom stereocenters. The van der Waals surface area contributed by atoms with Crippen molar-refractivity contribution in [3.8, 4) is 0 Å². The molecule has 2 aliphatic rings. The fourth-order valence-electron chi connectivity index (χ4n) is 6.52. The van der Waals surface area contributed by atoms with Gasteiger partial charge in [-0.05, 0) is 73.6 Å². The van der Waals surface area contributed by atoms with E-state index in [0.29, 0.717) is 24.0 Å². The molecular formula is C33H35F2N6O5+. The fraction of sp³-hybridized carbons (Fsp3) is 0.364. The molecule has 6 N–H and O–H groups in total. The number of nitrogens with two attached hydrogens (primary N) is 1. The number of fused-ring (bicyclic) bond motifs is 2. The minimum atomic E-state index is -1.35. The number of aromatic nitrogens is 3. The lowest BCUT2D eigenvalue weighted by atomic mass is 9.95. The lowest BCUT2D eigenvalue weighted by Gasteiger charge is -2.22. The summed E-state index contributed by atoms with van der Waals surface area (Å²) in [7, 11) is 0. The molecule has 2 heterocycles. The van der Waals surface area contributed by atoms with Gasteiger partial charge < -0.3 is 15.5 Å². The van der Waals surface area contributed by atoms with Gasteiger partial charge in [0, 0.05) is 17.6 Å². The van der Waals surface area contributed by atoms with Crippen molar-refractivity contribution in [3.63, 3.8) is 0 Å². The number of aromatic carboxylic acids is 1. The normalized spacial score (nSPS) is 17.2. The molecule has 2 amide bonds. The highest BCUT2D eigenvalue weighted by Crippen LogP contribution is 2.36. The van der Waals surface area contributed by atoms with Crippen LogP contribution in [0.25, 0.3) is 5.65 Å². The number of aliphatic hydroxyl groups excluding tert-OH is 1. The quantitative estimate of drug-likeness (QED) is 0.176. The molecule has 0 spiro atoms. The number of amides is 2. The predicted molar refractivity (Wildman–Crippen MR) is 161 cm³/mol. The molecule has 6 rings (SSSR count). The Kier molecular flexibility index (Phi) is 8.89. The molecule has 0 aliphatic heterocycles. The summed E-state index contributed by atoms with van der Waals surface area (Å²) >= 11 is 0. The van der Waals surface area contributed by atoms with Crippen LogP contribution in [0, 0.1) is 18.6 Å². The van der Waals surface area contributed by atoms with Crippen molar-refractivity contribution in [3.05, 3.63) is 99.0 Å². The number of carboxylic acids is 1. The summed E-state index contributed by atoms with van der Waals surface area (Å²) in [4.78, 5) is 42.8. The van der Waals surface area contributed by atoms with Crippen molar-refractivity contribution in [1.82, 2.24) is 25.2 Å². The summed E-state index contributed by atoms with van der Waals surface area (Å²) in [5.74, 6) is -3.94. The second-order valence-corrected chi connectivity index (χ2v) is 12.0. The van der Waals surface area contributed by atoms with Crippen molar-refractivity contribution < 1.29 is 38.7 Å². The van der Waals surface area contributed by atoms with Crippen LogP contribution < -0.4 is 16.0 Å². The molecular weight excluding hydrogens is 598 g/mol. The number of halogens is 2. The van der Waals surface area contributed by atoms with Crippen molar-refractivity contribution in [1.29, 1.82) is 0 Å². The van der Waals surface area contributed by atoms with Crippen molar-refractivity contribution in [2.75, 3.05) is 0 Å². The van der Waals surface area contributed by atoms with Gasteiger partial charge in [0.15, 0.2) is 23.0 Å². The van der Waals surface area contributed by atoms with Gasteiger partial charge >= 0.3 is 11.9 Å². The zero-order chi connectivity index (χ0) is 32.5. The predicted octanol–water partition coefficient (Wildman–Crippen LogP) is 3.25. The topological polar surface area (TPSA) is 163 Å². The summed E-state index contributed by atoms with van der Waals surface area (Å²) < 4.78 is 28.5. The molecule has 0 radical (unpaired) electrons. The summed E-state index contributed by atoms with van der Waals surface area (Å²) in [6.45, 7) is 1.77. The third kappa shape index (κ3) is 6.26. The van der Waals surface area contributed by atoms with Crippen molar-refractivity contribution >= 4 is 23.4 Å². The van der Waals surface area contributed by atoms with Crippen LogP contribution in [-0.2, 0) is 13.0 Å². The standard InChI is InChI=1S/C33H34F2N6O5/c1-17-20-10-12-26(22(20)9-8-21(17)33(45)46)40-32(44)28-14-27(31(43)36-15-18-7-11-24(34)25(35)13-18)39-29-23(16-37-41(28)29)30(42)38-19-5-3-2-4-6-19/h7-9,11,13-14,16,19,26,32,40,44H,2-6,10,12,15H2,1H3,(H,36,43)(H,38,42)(H,45,46)/p+1/t26-,32?/m0/s1. The molecule has 2 aromatic carbocycles. The first kappa shape index (κ1) is 31.4. The van der Waals surface area contributed by atoms with Gasteiger partial charge in [-0.25, -0.2) is 27.9 Å². The Labute approximate surface area is 263 Å². The van der Waals surface area contributed by atoms with Crippen LogP contribution >= 0.6 is 0 Å². The Balaban J connectivity index is 1.31. The molecule has 0 bridgehead atoms. The van der Waals surface area contributed by atoms with Crippen LogP contribution in [0.15, 0.2) is 42.6 Å². The van der Waals surface area contributed by atoms with Crippen LogP contribution in [0.2, 0.25) is 0 Å². The minimum Gasteiger partial charge on any atom is -0.478 e. The summed E-state index contributed by atoms with van der Waals surface area (Å²) in [6.07, 6.45) is 6.13. The molecule has 0 saturated heterocycles. The average molecular weight is 634 g/mol. The number of carboxylic acid groups (broad SMARTS) is 1. The highest BCUT2D eigenvalue weighted by Gasteiger charge is 2.30. The molecule has 2 aromatic heterocycles. The monoisotopic (exact) mass is 633 g/mol. The van der Waals surface area contributed by atoms with Gasteiger partial charge in [-0.1, -0.05) is 31.4 Å². The Hall–Kier alpha value is -4.59. The molecule has 46 heavy (non-hydrogen) atoms. The van der Waals surface area contributed by atoms with Gasteiger partial charge in [-0.3, -0.25) is 15.4 Å². The maximum atomic E-state index is 13.7. The molecule has 13 heteroatoms. The molecule has 1 fully saturated rings. The van der Waals surface area contributed by atoms with E-state index in [9.17, 15) is 33.4 Å². The highest BCUT2D eigenvalue weighted by atomic mass is 19.2. The van der Waals surface area contributed by atoms with E-state index in [2.05, 4.69) is 20.7 Å². The minimum absolute atomic E-state index is 0.00383. The summed E-state index contributed by atoms with van der Waals surface area (Å²) in [6, 6.07) is 7.76. The van der Waals surface area contributed by atoms with E-state index in [-0.39, 0.29) is 52.7 Å². The van der Waals surface area contributed by atoms with E-state index in [1.165, 1.54) is 28.2 Å². The number of primary amides is 1. The molecule has 1 saturated carbocycles. The Morgan fingerprint density at radius 1 is 1.04 bits per heavy atom. The molecule has 2 atom stereocenters. The van der Waals surface area contributed by atoms with Crippen LogP contribution in [-0.4, -0.2) is 48.6 Å². The van der Waals surface area contributed by atoms with E-state index < -0.39 is 29.7 Å². The van der Waals surface area contributed by atoms with Crippen LogP contribution in [0.1, 0.15) is 110 Å². The fourth-order valence-corrected chi connectivity index (χ4v) is 6.52. The lowest BCUT2D eigenvalue weighted by molar-refractivity contribution is -0.572. The Morgan fingerprint density at radius 3 is 2.57 bits per heavy atom. The van der Waals surface area contributed by atoms with E-state index in [0.717, 1.165) is 55.4 Å². The number of quaternary nitrogens is 1. The lowest BCUT2D eigenvalue weighted by Crippen LogP contribution is -2.86. The van der Waals surface area contributed by atoms with Crippen molar-refractivity contribution in [2.45, 2.75) is 76.7 Å². The van der Waals surface area contributed by atoms with Crippen LogP contribution in [0.3, 0.4) is 0 Å². The Morgan fingerprint density at radius 2 is 1.83 bits per heavy atom. The van der Waals surface area contributed by atoms with E-state index in [1.807, 2.05) is 0 Å². The largest absolute Gasteiger partial charge is 0.478 e. The van der Waals surface area contributed by atoms with Gasteiger partial charge in [-0.15, -0.1) is 0 Å². The molecule has 2 aliphatic carbocycles. The van der Waals surface area contributed by atoms with Gasteiger partial charge in [0.1, 0.15) is 18.3 Å². The third-order valence-corrected chi connectivity index (χ3v) is 9.01. The summed E-state index contributed by atoms with van der Waals surface area (Å²) in [5, 5.41) is 32.9. The first-order valence-electron chi connectivity index (χ1n) is 15.4. The number of hydrogen-bond acceptors (Lipinski definition) is 7. The van der Waals surface area contributed by atoms with E-state index >= 15 is 0 Å². The number of benzene rings is 2.